The van der Waals surface area contributed by atoms with Crippen LogP contribution < -0.4 is 5.32 Å². The van der Waals surface area contributed by atoms with Crippen LogP contribution in [0.1, 0.15) is 31.8 Å². The molecule has 0 unspecified atom stereocenters. The number of anilines is 1. The Morgan fingerprint density at radius 3 is 2.15 bits per heavy atom. The monoisotopic (exact) mass is 417 g/mol. The molecule has 3 aromatic rings. The molecule has 1 amide bonds. The molecule has 0 aliphatic rings. The van der Waals surface area contributed by atoms with Gasteiger partial charge in [0.05, 0.1) is 21.3 Å². The molecule has 6 heteroatoms. The predicted molar refractivity (Wildman–Crippen MR) is 110 cm³/mol. The summed E-state index contributed by atoms with van der Waals surface area (Å²) in [5.74, 6) is -0.315. The van der Waals surface area contributed by atoms with E-state index in [-0.39, 0.29) is 21.5 Å². The van der Waals surface area contributed by atoms with E-state index in [0.29, 0.717) is 17.7 Å². The molecule has 3 rings (SSSR count). The number of amides is 1. The normalized spacial score (nSPS) is 10.5. The maximum absolute atomic E-state index is 12.8. The molecule has 136 valence electrons. The van der Waals surface area contributed by atoms with Gasteiger partial charge < -0.3 is 5.32 Å². The van der Waals surface area contributed by atoms with E-state index in [0.717, 1.165) is 11.1 Å². The van der Waals surface area contributed by atoms with Gasteiger partial charge in [0.15, 0.2) is 0 Å². The van der Waals surface area contributed by atoms with Gasteiger partial charge >= 0.3 is 0 Å². The van der Waals surface area contributed by atoms with Gasteiger partial charge in [0.1, 0.15) is 0 Å². The molecule has 0 aliphatic heterocycles. The minimum atomic E-state index is -0.715. The Balaban J connectivity index is 1.87. The van der Waals surface area contributed by atoms with Gasteiger partial charge in [-0.15, -0.1) is 0 Å². The third-order valence-electron chi connectivity index (χ3n) is 4.04. The van der Waals surface area contributed by atoms with Crippen LogP contribution in [-0.2, 0) is 6.42 Å². The number of hydrogen-bond donors (Lipinski definition) is 1. The van der Waals surface area contributed by atoms with E-state index in [4.69, 9.17) is 34.8 Å². The first-order valence-corrected chi connectivity index (χ1v) is 9.21. The molecule has 0 saturated heterocycles. The summed E-state index contributed by atoms with van der Waals surface area (Å²) in [5.41, 5.74) is 2.92. The number of carbonyl (C=O) groups excluding carboxylic acids is 2. The van der Waals surface area contributed by atoms with Crippen molar-refractivity contribution < 1.29 is 9.59 Å². The number of carbonyl (C=O) groups is 2. The van der Waals surface area contributed by atoms with Crippen LogP contribution in [0.25, 0.3) is 0 Å². The summed E-state index contributed by atoms with van der Waals surface area (Å²) in [4.78, 5) is 24.1. The average molecular weight is 419 g/mol. The van der Waals surface area contributed by atoms with Crippen molar-refractivity contribution in [1.29, 1.82) is 0 Å². The molecule has 0 fully saturated rings. The lowest BCUT2D eigenvalue weighted by atomic mass is 9.99. The van der Waals surface area contributed by atoms with Gasteiger partial charge in [-0.25, -0.2) is 0 Å². The minimum Gasteiger partial charge on any atom is -0.321 e. The van der Waals surface area contributed by atoms with Crippen LogP contribution in [0.4, 0.5) is 5.69 Å². The number of rotatable bonds is 5. The summed E-state index contributed by atoms with van der Waals surface area (Å²) < 4.78 is 0. The smallest absolute Gasteiger partial charge is 0.255 e. The highest BCUT2D eigenvalue weighted by Gasteiger charge is 2.17. The van der Waals surface area contributed by atoms with Crippen molar-refractivity contribution in [3.8, 4) is 0 Å². The van der Waals surface area contributed by atoms with Crippen molar-refractivity contribution in [3.05, 3.63) is 99.0 Å². The lowest BCUT2D eigenvalue weighted by Gasteiger charge is -2.13. The second kappa shape index (κ2) is 8.57. The molecular formula is C21H14Cl3NO2. The minimum absolute atomic E-state index is 0.00652. The highest BCUT2D eigenvalue weighted by molar-refractivity contribution is 6.69. The second-order valence-electron chi connectivity index (χ2n) is 5.84. The Kier molecular flexibility index (Phi) is 6.17. The molecule has 0 heterocycles. The van der Waals surface area contributed by atoms with Crippen LogP contribution in [0.5, 0.6) is 0 Å². The highest BCUT2D eigenvalue weighted by atomic mass is 35.5. The first kappa shape index (κ1) is 19.4. The third kappa shape index (κ3) is 4.51. The Labute approximate surface area is 171 Å². The Bertz CT molecular complexity index is 1000. The van der Waals surface area contributed by atoms with Crippen molar-refractivity contribution in [2.75, 3.05) is 5.32 Å². The Morgan fingerprint density at radius 1 is 0.778 bits per heavy atom. The maximum atomic E-state index is 12.8. The standard InChI is InChI=1S/C21H14Cl3NO2/c22-18-16(20(24)26)10-11-17(19(18)23)25-21(27)15-9-5-4-8-14(15)12-13-6-2-1-3-7-13/h1-11H,12H2,(H,25,27). The fourth-order valence-corrected chi connectivity index (χ4v) is 3.37. The average Bonchev–Trinajstić information content (AvgIpc) is 2.66. The van der Waals surface area contributed by atoms with Crippen molar-refractivity contribution in [2.45, 2.75) is 6.42 Å². The zero-order chi connectivity index (χ0) is 19.4. The van der Waals surface area contributed by atoms with E-state index in [1.54, 1.807) is 12.1 Å². The zero-order valence-electron chi connectivity index (χ0n) is 14.0. The fourth-order valence-electron chi connectivity index (χ4n) is 2.70. The van der Waals surface area contributed by atoms with Gasteiger partial charge in [0.2, 0.25) is 0 Å². The lowest BCUT2D eigenvalue weighted by molar-refractivity contribution is 0.102. The van der Waals surface area contributed by atoms with Crippen LogP contribution in [0.2, 0.25) is 10.0 Å². The van der Waals surface area contributed by atoms with E-state index in [1.807, 2.05) is 42.5 Å². The van der Waals surface area contributed by atoms with Gasteiger partial charge in [-0.1, -0.05) is 71.7 Å². The molecule has 0 saturated carbocycles. The van der Waals surface area contributed by atoms with Crippen molar-refractivity contribution in [2.24, 2.45) is 0 Å². The van der Waals surface area contributed by atoms with Gasteiger partial charge in [-0.3, -0.25) is 9.59 Å². The van der Waals surface area contributed by atoms with Crippen molar-refractivity contribution in [3.63, 3.8) is 0 Å². The maximum Gasteiger partial charge on any atom is 0.255 e. The van der Waals surface area contributed by atoms with Gasteiger partial charge in [-0.05, 0) is 47.3 Å². The molecule has 0 aromatic heterocycles. The number of halogens is 3. The van der Waals surface area contributed by atoms with Crippen LogP contribution >= 0.6 is 34.8 Å². The molecule has 3 nitrogen and oxygen atoms in total. The predicted octanol–water partition coefficient (Wildman–Crippen LogP) is 6.22. The molecule has 27 heavy (non-hydrogen) atoms. The number of hydrogen-bond acceptors (Lipinski definition) is 2. The molecule has 0 radical (unpaired) electrons. The van der Waals surface area contributed by atoms with E-state index < -0.39 is 5.24 Å². The Morgan fingerprint density at radius 2 is 1.44 bits per heavy atom. The highest BCUT2D eigenvalue weighted by Crippen LogP contribution is 2.34. The summed E-state index contributed by atoms with van der Waals surface area (Å²) in [6.45, 7) is 0. The van der Waals surface area contributed by atoms with Crippen LogP contribution in [0, 0.1) is 0 Å². The number of nitrogens with one attached hydrogen (secondary N) is 1. The lowest BCUT2D eigenvalue weighted by Crippen LogP contribution is -2.15. The summed E-state index contributed by atoms with van der Waals surface area (Å²) in [5, 5.41) is 2.11. The summed E-state index contributed by atoms with van der Waals surface area (Å²) >= 11 is 17.7. The van der Waals surface area contributed by atoms with Crippen LogP contribution in [0.15, 0.2) is 66.7 Å². The fraction of sp³-hybridized carbons (Fsp3) is 0.0476. The summed E-state index contributed by atoms with van der Waals surface area (Å²) in [7, 11) is 0. The van der Waals surface area contributed by atoms with Crippen molar-refractivity contribution >= 4 is 51.6 Å². The van der Waals surface area contributed by atoms with Gasteiger partial charge in [0, 0.05) is 5.56 Å². The molecule has 0 aliphatic carbocycles. The number of benzene rings is 3. The van der Waals surface area contributed by atoms with E-state index >= 15 is 0 Å². The summed E-state index contributed by atoms with van der Waals surface area (Å²) in [6.07, 6.45) is 0.624. The topological polar surface area (TPSA) is 46.2 Å². The summed E-state index contributed by atoms with van der Waals surface area (Å²) in [6, 6.07) is 20.2. The Hall–Kier alpha value is -2.33. The van der Waals surface area contributed by atoms with Crippen molar-refractivity contribution in [1.82, 2.24) is 0 Å². The van der Waals surface area contributed by atoms with Gasteiger partial charge in [0.25, 0.3) is 11.1 Å². The van der Waals surface area contributed by atoms with Crippen LogP contribution in [0.3, 0.4) is 0 Å². The molecule has 1 N–H and O–H groups in total. The van der Waals surface area contributed by atoms with E-state index in [9.17, 15) is 9.59 Å². The SMILES string of the molecule is O=C(Nc1ccc(C(=O)Cl)c(Cl)c1Cl)c1ccccc1Cc1ccccc1. The van der Waals surface area contributed by atoms with Crippen LogP contribution in [-0.4, -0.2) is 11.1 Å². The molecule has 0 spiro atoms. The second-order valence-corrected chi connectivity index (χ2v) is 6.94. The zero-order valence-corrected chi connectivity index (χ0v) is 16.3. The molecule has 3 aromatic carbocycles. The van der Waals surface area contributed by atoms with E-state index in [2.05, 4.69) is 5.32 Å². The van der Waals surface area contributed by atoms with Gasteiger partial charge in [-0.2, -0.15) is 0 Å². The molecule has 0 bridgehead atoms. The largest absolute Gasteiger partial charge is 0.321 e. The third-order valence-corrected chi connectivity index (χ3v) is 5.13. The van der Waals surface area contributed by atoms with E-state index in [1.165, 1.54) is 12.1 Å². The first-order chi connectivity index (χ1) is 13.0. The molecular weight excluding hydrogens is 405 g/mol. The quantitative estimate of drug-likeness (QED) is 0.500. The first-order valence-electron chi connectivity index (χ1n) is 8.08. The molecule has 0 atom stereocenters.